The zero-order valence-electron chi connectivity index (χ0n) is 17.9. The Balaban J connectivity index is 1.54. The van der Waals surface area contributed by atoms with Gasteiger partial charge in [-0.25, -0.2) is 4.39 Å². The second-order valence-corrected chi connectivity index (χ2v) is 8.67. The molecule has 2 aromatic carbocycles. The van der Waals surface area contributed by atoms with Crippen molar-refractivity contribution in [3.8, 4) is 0 Å². The molecule has 0 saturated heterocycles. The number of anilines is 3. The summed E-state index contributed by atoms with van der Waals surface area (Å²) in [5.74, 6) is -1.59. The lowest BCUT2D eigenvalue weighted by atomic mass is 9.97. The Kier molecular flexibility index (Phi) is 6.41. The molecular formula is C24H23FN4O3S. The third-order valence-corrected chi connectivity index (χ3v) is 6.49. The molecule has 1 atom stereocenters. The molecule has 4 rings (SSSR count). The Hall–Kier alpha value is -3.72. The van der Waals surface area contributed by atoms with E-state index in [9.17, 15) is 18.8 Å². The fraction of sp³-hybridized carbons (Fsp3) is 0.208. The van der Waals surface area contributed by atoms with E-state index in [0.29, 0.717) is 22.8 Å². The van der Waals surface area contributed by atoms with Gasteiger partial charge in [0.05, 0.1) is 5.56 Å². The number of fused-ring (bicyclic) bond motifs is 1. The minimum absolute atomic E-state index is 0.256. The molecule has 170 valence electrons. The minimum Gasteiger partial charge on any atom is -0.366 e. The van der Waals surface area contributed by atoms with Crippen LogP contribution in [0.4, 0.5) is 20.8 Å². The van der Waals surface area contributed by atoms with Gasteiger partial charge in [0, 0.05) is 23.5 Å². The van der Waals surface area contributed by atoms with Gasteiger partial charge < -0.3 is 21.3 Å². The van der Waals surface area contributed by atoms with Crippen LogP contribution in [-0.2, 0) is 11.2 Å². The van der Waals surface area contributed by atoms with E-state index in [1.54, 1.807) is 18.4 Å². The highest BCUT2D eigenvalue weighted by Gasteiger charge is 2.28. The summed E-state index contributed by atoms with van der Waals surface area (Å²) in [6.45, 7) is 2.47. The van der Waals surface area contributed by atoms with Crippen LogP contribution < -0.4 is 21.3 Å². The fourth-order valence-corrected chi connectivity index (χ4v) is 4.72. The summed E-state index contributed by atoms with van der Waals surface area (Å²) in [7, 11) is 0. The fourth-order valence-electron chi connectivity index (χ4n) is 3.93. The van der Waals surface area contributed by atoms with Gasteiger partial charge in [-0.3, -0.25) is 14.4 Å². The molecule has 0 fully saturated rings. The third-order valence-electron chi connectivity index (χ3n) is 5.66. The number of nitrogens with two attached hydrogens (primary N) is 1. The van der Waals surface area contributed by atoms with Crippen LogP contribution in [-0.4, -0.2) is 30.3 Å². The van der Waals surface area contributed by atoms with Crippen LogP contribution in [0.1, 0.15) is 39.6 Å². The normalized spacial score (nSPS) is 13.7. The molecule has 1 unspecified atom stereocenters. The third kappa shape index (κ3) is 4.73. The zero-order valence-corrected chi connectivity index (χ0v) is 18.7. The number of benzene rings is 2. The predicted octanol–water partition coefficient (Wildman–Crippen LogP) is 4.02. The Morgan fingerprint density at radius 1 is 1.09 bits per heavy atom. The summed E-state index contributed by atoms with van der Waals surface area (Å²) in [6.07, 6.45) is 1.55. The van der Waals surface area contributed by atoms with Crippen LogP contribution in [0.5, 0.6) is 0 Å². The number of hydrogen-bond acceptors (Lipinski definition) is 5. The highest BCUT2D eigenvalue weighted by Crippen LogP contribution is 2.34. The van der Waals surface area contributed by atoms with Crippen LogP contribution in [0, 0.1) is 5.82 Å². The molecule has 33 heavy (non-hydrogen) atoms. The van der Waals surface area contributed by atoms with Crippen molar-refractivity contribution in [3.05, 3.63) is 76.4 Å². The van der Waals surface area contributed by atoms with Crippen LogP contribution in [0.3, 0.4) is 0 Å². The summed E-state index contributed by atoms with van der Waals surface area (Å²) >= 11 is 1.24. The summed E-state index contributed by atoms with van der Waals surface area (Å²) in [5.41, 5.74) is 8.48. The molecule has 9 heteroatoms. The number of amides is 3. The molecule has 4 N–H and O–H groups in total. The maximum absolute atomic E-state index is 13.2. The van der Waals surface area contributed by atoms with Crippen LogP contribution in [0.15, 0.2) is 53.9 Å². The van der Waals surface area contributed by atoms with Crippen molar-refractivity contribution in [2.45, 2.75) is 25.8 Å². The number of primary amides is 1. The van der Waals surface area contributed by atoms with E-state index in [0.717, 1.165) is 24.1 Å². The molecule has 2 heterocycles. The molecule has 1 aliphatic rings. The van der Waals surface area contributed by atoms with Gasteiger partial charge in [0.2, 0.25) is 5.91 Å². The lowest BCUT2D eigenvalue weighted by molar-refractivity contribution is -0.117. The maximum atomic E-state index is 13.2. The highest BCUT2D eigenvalue weighted by molar-refractivity contribution is 7.14. The topological polar surface area (TPSA) is 105 Å². The average molecular weight is 467 g/mol. The molecule has 3 aromatic rings. The molecule has 7 nitrogen and oxygen atoms in total. The van der Waals surface area contributed by atoms with E-state index in [1.165, 1.54) is 35.6 Å². The smallest absolute Gasteiger partial charge is 0.255 e. The first-order valence-corrected chi connectivity index (χ1v) is 11.4. The number of carbonyl (C=O) groups is 3. The number of hydrogen-bond donors (Lipinski definition) is 3. The van der Waals surface area contributed by atoms with Crippen molar-refractivity contribution in [1.82, 2.24) is 0 Å². The van der Waals surface area contributed by atoms with E-state index in [1.807, 2.05) is 23.1 Å². The van der Waals surface area contributed by atoms with E-state index in [4.69, 9.17) is 5.73 Å². The lowest BCUT2D eigenvalue weighted by Gasteiger charge is -2.36. The van der Waals surface area contributed by atoms with Gasteiger partial charge in [-0.15, -0.1) is 11.3 Å². The van der Waals surface area contributed by atoms with Crippen molar-refractivity contribution in [2.75, 3.05) is 22.1 Å². The first-order valence-electron chi connectivity index (χ1n) is 10.5. The quantitative estimate of drug-likeness (QED) is 0.510. The van der Waals surface area contributed by atoms with Crippen molar-refractivity contribution in [1.29, 1.82) is 0 Å². The molecule has 1 aliphatic heterocycles. The lowest BCUT2D eigenvalue weighted by Crippen LogP contribution is -2.45. The molecule has 0 radical (unpaired) electrons. The number of halogens is 1. The van der Waals surface area contributed by atoms with Crippen molar-refractivity contribution in [3.63, 3.8) is 0 Å². The monoisotopic (exact) mass is 466 g/mol. The Labute approximate surface area is 194 Å². The van der Waals surface area contributed by atoms with Crippen LogP contribution >= 0.6 is 11.3 Å². The van der Waals surface area contributed by atoms with Gasteiger partial charge >= 0.3 is 0 Å². The van der Waals surface area contributed by atoms with Gasteiger partial charge in [0.1, 0.15) is 16.9 Å². The summed E-state index contributed by atoms with van der Waals surface area (Å²) in [4.78, 5) is 39.2. The van der Waals surface area contributed by atoms with Crippen molar-refractivity contribution in [2.24, 2.45) is 5.73 Å². The molecular weight excluding hydrogens is 443 g/mol. The maximum Gasteiger partial charge on any atom is 0.255 e. The molecule has 0 saturated carbocycles. The largest absolute Gasteiger partial charge is 0.366 e. The van der Waals surface area contributed by atoms with Gasteiger partial charge in [-0.05, 0) is 73.2 Å². The van der Waals surface area contributed by atoms with Gasteiger partial charge in [-0.1, -0.05) is 6.07 Å². The number of nitrogens with zero attached hydrogens (tertiary/aromatic N) is 1. The van der Waals surface area contributed by atoms with Crippen molar-refractivity contribution < 1.29 is 18.8 Å². The van der Waals surface area contributed by atoms with Crippen LogP contribution in [0.2, 0.25) is 0 Å². The Morgan fingerprint density at radius 3 is 2.58 bits per heavy atom. The molecule has 3 amide bonds. The predicted molar refractivity (Wildman–Crippen MR) is 127 cm³/mol. The summed E-state index contributed by atoms with van der Waals surface area (Å²) in [5, 5.41) is 7.85. The summed E-state index contributed by atoms with van der Waals surface area (Å²) in [6, 6.07) is 12.0. The molecule has 0 spiro atoms. The highest BCUT2D eigenvalue weighted by atomic mass is 32.1. The second-order valence-electron chi connectivity index (χ2n) is 7.75. The number of rotatable bonds is 6. The van der Waals surface area contributed by atoms with Crippen LogP contribution in [0.25, 0.3) is 0 Å². The Bertz CT molecular complexity index is 1210. The molecule has 0 aliphatic carbocycles. The SMILES string of the molecule is CC(C(=O)Nc1sccc1C(N)=O)N1CCCc2c(NC(=O)c3ccc(F)cc3)cccc21. The van der Waals surface area contributed by atoms with Gasteiger partial charge in [-0.2, -0.15) is 0 Å². The number of thiophene rings is 1. The van der Waals surface area contributed by atoms with E-state index in [-0.39, 0.29) is 17.4 Å². The Morgan fingerprint density at radius 2 is 1.85 bits per heavy atom. The van der Waals surface area contributed by atoms with Gasteiger partial charge in [0.15, 0.2) is 0 Å². The number of nitrogens with one attached hydrogen (secondary N) is 2. The van der Waals surface area contributed by atoms with Gasteiger partial charge in [0.25, 0.3) is 11.8 Å². The molecule has 1 aromatic heterocycles. The standard InChI is InChI=1S/C24H23FN4O3S/c1-14(22(31)28-24-18(21(26)30)11-13-33-24)29-12-3-4-17-19(5-2-6-20(17)29)27-23(32)15-7-9-16(25)10-8-15/h2,5-11,13-14H,3-4,12H2,1H3,(H2,26,30)(H,27,32)(H,28,31). The van der Waals surface area contributed by atoms with Crippen molar-refractivity contribution >= 4 is 45.4 Å². The second kappa shape index (κ2) is 9.41. The zero-order chi connectivity index (χ0) is 23.5. The molecule has 0 bridgehead atoms. The summed E-state index contributed by atoms with van der Waals surface area (Å²) < 4.78 is 13.2. The van der Waals surface area contributed by atoms with E-state index >= 15 is 0 Å². The minimum atomic E-state index is -0.593. The first kappa shape index (κ1) is 22.5. The van der Waals surface area contributed by atoms with E-state index < -0.39 is 17.8 Å². The number of carbonyl (C=O) groups excluding carboxylic acids is 3. The first-order chi connectivity index (χ1) is 15.8. The average Bonchev–Trinajstić information content (AvgIpc) is 3.27. The van der Waals surface area contributed by atoms with E-state index in [2.05, 4.69) is 10.6 Å².